The number of hydrogen-bond donors (Lipinski definition) is 0. The van der Waals surface area contributed by atoms with Crippen molar-refractivity contribution in [3.05, 3.63) is 211 Å². The summed E-state index contributed by atoms with van der Waals surface area (Å²) in [6, 6.07) is 36.4. The van der Waals surface area contributed by atoms with Crippen molar-refractivity contribution in [2.24, 2.45) is 28.2 Å². The average molecular weight is 1240 g/mol. The van der Waals surface area contributed by atoms with Crippen molar-refractivity contribution >= 4 is 0 Å². The van der Waals surface area contributed by atoms with Gasteiger partial charge in [-0.15, -0.1) is 0 Å². The van der Waals surface area contributed by atoms with Crippen LogP contribution in [0.3, 0.4) is 0 Å². The van der Waals surface area contributed by atoms with E-state index in [9.17, 15) is 0 Å². The summed E-state index contributed by atoms with van der Waals surface area (Å²) in [4.78, 5) is 0. The molecule has 12 rings (SSSR count). The van der Waals surface area contributed by atoms with Gasteiger partial charge in [-0.3, -0.25) is 0 Å². The number of aromatic nitrogens is 4. The van der Waals surface area contributed by atoms with Crippen molar-refractivity contribution in [3.63, 3.8) is 0 Å². The highest BCUT2D eigenvalue weighted by atomic mass is 14.9. The van der Waals surface area contributed by atoms with Gasteiger partial charge >= 0.3 is 0 Å². The van der Waals surface area contributed by atoms with E-state index in [0.29, 0.717) is 5.56 Å². The first-order valence-electron chi connectivity index (χ1n) is 36.2. The fourth-order valence-electron chi connectivity index (χ4n) is 15.9. The van der Waals surface area contributed by atoms with Crippen LogP contribution in [-0.2, 0) is 71.5 Å². The summed E-state index contributed by atoms with van der Waals surface area (Å²) in [5, 5.41) is 0. The number of pyridine rings is 4. The first kappa shape index (κ1) is 65.5. The van der Waals surface area contributed by atoms with Crippen molar-refractivity contribution in [3.8, 4) is 45.0 Å². The quantitative estimate of drug-likeness (QED) is 0.156. The first-order chi connectivity index (χ1) is 43.7. The van der Waals surface area contributed by atoms with Gasteiger partial charge in [0.05, 0.1) is 0 Å². The minimum atomic E-state index is -2.08. The second-order valence-corrected chi connectivity index (χ2v) is 34.4. The lowest BCUT2D eigenvalue weighted by atomic mass is 9.62. The van der Waals surface area contributed by atoms with Gasteiger partial charge in [0, 0.05) is 73.4 Å². The Labute approximate surface area is 564 Å². The number of rotatable bonds is 4. The molecule has 0 saturated carbocycles. The van der Waals surface area contributed by atoms with E-state index in [4.69, 9.17) is 4.11 Å². The Morgan fingerprint density at radius 2 is 0.543 bits per heavy atom. The normalized spacial score (nSPS) is 19.2. The second kappa shape index (κ2) is 25.0. The van der Waals surface area contributed by atoms with Gasteiger partial charge in [0.15, 0.2) is 24.8 Å². The molecule has 4 heteroatoms. The zero-order valence-electron chi connectivity index (χ0n) is 65.5. The van der Waals surface area contributed by atoms with Crippen LogP contribution in [0.2, 0.25) is 0 Å². The Balaban J connectivity index is 0.000000149. The van der Waals surface area contributed by atoms with E-state index < -0.39 is 6.85 Å². The molecule has 0 aliphatic heterocycles. The molecule has 4 aromatic heterocycles. The fourth-order valence-corrected chi connectivity index (χ4v) is 15.9. The summed E-state index contributed by atoms with van der Waals surface area (Å²) >= 11 is 0. The molecule has 4 aromatic carbocycles. The Bertz CT molecular complexity index is 4250. The molecular weight excluding hydrogens is 1110 g/mol. The molecule has 8 aromatic rings. The molecule has 0 amide bonds. The molecule has 4 aliphatic rings. The lowest BCUT2D eigenvalue weighted by Crippen LogP contribution is -2.35. The Morgan fingerprint density at radius 1 is 0.272 bits per heavy atom. The highest BCUT2D eigenvalue weighted by Gasteiger charge is 2.42. The number of hydrogen-bond acceptors (Lipinski definition) is 0. The highest BCUT2D eigenvalue weighted by molar-refractivity contribution is 5.69. The summed E-state index contributed by atoms with van der Waals surface area (Å²) in [5.74, 6) is 0. The Hall–Kier alpha value is -6.52. The summed E-state index contributed by atoms with van der Waals surface area (Å²) in [5.41, 5.74) is 34.2. The standard InChI is InChI=1S/C23H32N.2C22H30N.C21H28N/c1-15-12-21(24(8)14-17(15)3)18-13-20-19(11-16(18)2)22(4,5)9-10-23(20,6)7;2*1-15-8-9-20(23(7)14-15)17-13-19-18(12-16(17)2)21(3,4)10-11-22(19,5)6;1-15-13-17-18(21(4,5)11-10-20(17,2)3)14-16(15)19-9-7-8-12-22(19)6/h11-14H,9-10H2,1-8H3;2*8-9,12-14H,10-11H2,1-7H3;7-9,12-14H,10-11H2,1-6H3/q4*+1/i;1D3;;. The number of aryl methyl sites for hydroxylation is 12. The van der Waals surface area contributed by atoms with Crippen molar-refractivity contribution in [2.75, 3.05) is 0 Å². The van der Waals surface area contributed by atoms with E-state index in [-0.39, 0.29) is 43.3 Å². The van der Waals surface area contributed by atoms with Crippen molar-refractivity contribution in [1.29, 1.82) is 0 Å². The Kier molecular flexibility index (Phi) is 17.8. The minimum absolute atomic E-state index is 0.157. The third-order valence-corrected chi connectivity index (χ3v) is 23.1. The fraction of sp³-hybridized carbons (Fsp3) is 0.500. The van der Waals surface area contributed by atoms with Crippen LogP contribution in [0.5, 0.6) is 0 Å². The van der Waals surface area contributed by atoms with Crippen LogP contribution >= 0.6 is 0 Å². The van der Waals surface area contributed by atoms with Gasteiger partial charge in [-0.1, -0.05) is 135 Å². The smallest absolute Gasteiger partial charge is 0.201 e. The van der Waals surface area contributed by atoms with Crippen LogP contribution < -0.4 is 18.3 Å². The average Bonchev–Trinajstić information content (AvgIpc) is 0.764. The maximum absolute atomic E-state index is 7.63. The van der Waals surface area contributed by atoms with Crippen molar-refractivity contribution < 1.29 is 22.4 Å². The van der Waals surface area contributed by atoms with Gasteiger partial charge < -0.3 is 0 Å². The van der Waals surface area contributed by atoms with E-state index in [0.717, 1.165) is 5.69 Å². The SMILES string of the molecule is Cc1cc(-c2cc3c(cc2C)C(C)(C)CCC3(C)C)[n+](C)cc1C.Cc1cc2c(cc1-c1cccc[n+]1C)C(C)(C)CCC2(C)C.Cc1ccc(-c2cc3c(cc2C)C(C)(C)CCC3(C)C)[n+](C)c1.[2H]C([2H])([2H])c1ccc(-c2cc3c(cc2C)C(C)(C)CCC3(C)C)[n+](C)c1. The third kappa shape index (κ3) is 13.9. The molecule has 0 spiro atoms. The molecule has 0 bridgehead atoms. The highest BCUT2D eigenvalue weighted by Crippen LogP contribution is 2.52. The lowest BCUT2D eigenvalue weighted by Gasteiger charge is -2.42. The van der Waals surface area contributed by atoms with E-state index in [1.165, 1.54) is 157 Å². The van der Waals surface area contributed by atoms with Crippen molar-refractivity contribution in [2.45, 2.75) is 261 Å². The largest absolute Gasteiger partial charge is 0.212 e. The van der Waals surface area contributed by atoms with E-state index >= 15 is 0 Å². The molecule has 0 N–H and O–H groups in total. The molecule has 0 unspecified atom stereocenters. The van der Waals surface area contributed by atoms with Crippen LogP contribution in [-0.4, -0.2) is 0 Å². The van der Waals surface area contributed by atoms with Crippen LogP contribution in [0.4, 0.5) is 0 Å². The molecule has 92 heavy (non-hydrogen) atoms. The maximum Gasteiger partial charge on any atom is 0.212 e. The van der Waals surface area contributed by atoms with Gasteiger partial charge in [-0.2, -0.15) is 0 Å². The third-order valence-electron chi connectivity index (χ3n) is 23.1. The molecule has 0 fully saturated rings. The predicted molar refractivity (Wildman–Crippen MR) is 391 cm³/mol. The van der Waals surface area contributed by atoms with E-state index in [2.05, 4.69) is 298 Å². The monoisotopic (exact) mass is 1240 g/mol. The minimum Gasteiger partial charge on any atom is -0.201 e. The zero-order valence-corrected chi connectivity index (χ0v) is 62.5. The lowest BCUT2D eigenvalue weighted by molar-refractivity contribution is -0.660. The van der Waals surface area contributed by atoms with Crippen LogP contribution in [0.25, 0.3) is 45.0 Å². The first-order valence-corrected chi connectivity index (χ1v) is 34.7. The summed E-state index contributed by atoms with van der Waals surface area (Å²) < 4.78 is 31.6. The van der Waals surface area contributed by atoms with Gasteiger partial charge in [0.2, 0.25) is 22.8 Å². The second-order valence-electron chi connectivity index (χ2n) is 34.4. The molecule has 0 atom stereocenters. The van der Waals surface area contributed by atoms with Crippen LogP contribution in [0.15, 0.2) is 122 Å². The molecule has 4 heterocycles. The topological polar surface area (TPSA) is 15.5 Å². The summed E-state index contributed by atoms with van der Waals surface area (Å²) in [6.45, 7) is 51.5. The van der Waals surface area contributed by atoms with Gasteiger partial charge in [0.1, 0.15) is 28.2 Å². The summed E-state index contributed by atoms with van der Waals surface area (Å²) in [7, 11) is 8.37. The Morgan fingerprint density at radius 3 is 0.848 bits per heavy atom. The molecular formula is C88H120N4+4. The number of benzene rings is 4. The van der Waals surface area contributed by atoms with Gasteiger partial charge in [0.25, 0.3) is 0 Å². The van der Waals surface area contributed by atoms with Gasteiger partial charge in [-0.25, -0.2) is 18.3 Å². The van der Waals surface area contributed by atoms with E-state index in [1.54, 1.807) is 29.0 Å². The number of fused-ring (bicyclic) bond motifs is 4. The summed E-state index contributed by atoms with van der Waals surface area (Å²) in [6.07, 6.45) is 18.3. The van der Waals surface area contributed by atoms with Crippen LogP contribution in [0.1, 0.15) is 255 Å². The molecule has 488 valence electrons. The predicted octanol–water partition coefficient (Wildman–Crippen LogP) is 20.6. The molecule has 0 radical (unpaired) electrons. The van der Waals surface area contributed by atoms with Gasteiger partial charge in [-0.05, 0) is 265 Å². The van der Waals surface area contributed by atoms with Crippen LogP contribution in [0, 0.1) is 55.3 Å². The van der Waals surface area contributed by atoms with E-state index in [1.807, 2.05) is 17.7 Å². The molecule has 4 aliphatic carbocycles. The van der Waals surface area contributed by atoms with Crippen molar-refractivity contribution in [1.82, 2.24) is 0 Å². The molecule has 0 saturated heterocycles. The number of nitrogens with zero attached hydrogens (tertiary/aromatic N) is 4. The molecule has 4 nitrogen and oxygen atoms in total. The maximum atomic E-state index is 7.63. The zero-order chi connectivity index (χ0) is 70.5.